The van der Waals surface area contributed by atoms with Gasteiger partial charge in [-0.2, -0.15) is 0 Å². The van der Waals surface area contributed by atoms with Crippen LogP contribution >= 0.6 is 0 Å². The Bertz CT molecular complexity index is 566. The number of nitrogens with one attached hydrogen (secondary N) is 1. The zero-order chi connectivity index (χ0) is 10.8. The molecule has 86 valence electrons. The van der Waals surface area contributed by atoms with Crippen molar-refractivity contribution in [2.24, 2.45) is 0 Å². The molecule has 3 aromatic rings. The van der Waals surface area contributed by atoms with E-state index in [1.54, 1.807) is 0 Å². The molecule has 0 saturated carbocycles. The summed E-state index contributed by atoms with van der Waals surface area (Å²) >= 11 is 0. The second-order valence-electron chi connectivity index (χ2n) is 3.92. The molecule has 3 heteroatoms. The predicted molar refractivity (Wildman–Crippen MR) is 70.4 cm³/mol. The standard InChI is InChI=1S/C14H12N2.H3N/c1-2-4-11(5-3-1)8-13-9-12-6-7-15-10-14(12)16-13;/h1-7,9-10,16H,8H2;1H3. The van der Waals surface area contributed by atoms with Gasteiger partial charge in [-0.3, -0.25) is 4.98 Å². The minimum absolute atomic E-state index is 0. The quantitative estimate of drug-likeness (QED) is 0.702. The topological polar surface area (TPSA) is 63.7 Å². The maximum atomic E-state index is 4.10. The number of aromatic amines is 1. The first-order valence-corrected chi connectivity index (χ1v) is 5.37. The average molecular weight is 225 g/mol. The molecule has 0 aliphatic heterocycles. The Labute approximate surface area is 100 Å². The molecule has 4 N–H and O–H groups in total. The van der Waals surface area contributed by atoms with Crippen LogP contribution in [0.1, 0.15) is 11.3 Å². The van der Waals surface area contributed by atoms with Gasteiger partial charge >= 0.3 is 0 Å². The van der Waals surface area contributed by atoms with Gasteiger partial charge in [-0.25, -0.2) is 0 Å². The number of rotatable bonds is 2. The van der Waals surface area contributed by atoms with Gasteiger partial charge < -0.3 is 11.1 Å². The molecule has 17 heavy (non-hydrogen) atoms. The summed E-state index contributed by atoms with van der Waals surface area (Å²) in [5.74, 6) is 0. The number of aromatic nitrogens is 2. The largest absolute Gasteiger partial charge is 0.357 e. The van der Waals surface area contributed by atoms with E-state index in [4.69, 9.17) is 0 Å². The lowest BCUT2D eigenvalue weighted by Crippen LogP contribution is -1.86. The summed E-state index contributed by atoms with van der Waals surface area (Å²) in [4.78, 5) is 7.48. The third kappa shape index (κ3) is 2.34. The summed E-state index contributed by atoms with van der Waals surface area (Å²) in [6, 6.07) is 14.7. The molecule has 0 aliphatic rings. The van der Waals surface area contributed by atoms with Gasteiger partial charge in [0.1, 0.15) is 0 Å². The zero-order valence-corrected chi connectivity index (χ0v) is 9.56. The number of nitrogens with zero attached hydrogens (tertiary/aromatic N) is 1. The van der Waals surface area contributed by atoms with E-state index in [-0.39, 0.29) is 6.15 Å². The summed E-state index contributed by atoms with van der Waals surface area (Å²) in [6.07, 6.45) is 4.63. The number of H-pyrrole nitrogens is 1. The molecule has 2 heterocycles. The van der Waals surface area contributed by atoms with Crippen molar-refractivity contribution >= 4 is 10.9 Å². The van der Waals surface area contributed by atoms with Crippen LogP contribution in [0.15, 0.2) is 54.9 Å². The lowest BCUT2D eigenvalue weighted by atomic mass is 10.1. The lowest BCUT2D eigenvalue weighted by Gasteiger charge is -1.97. The van der Waals surface area contributed by atoms with Gasteiger partial charge in [0.2, 0.25) is 0 Å². The molecule has 0 aliphatic carbocycles. The number of hydrogen-bond acceptors (Lipinski definition) is 2. The molecular weight excluding hydrogens is 210 g/mol. The van der Waals surface area contributed by atoms with E-state index in [1.807, 2.05) is 24.5 Å². The Kier molecular flexibility index (Phi) is 3.21. The van der Waals surface area contributed by atoms with Crippen LogP contribution in [0.2, 0.25) is 0 Å². The maximum absolute atomic E-state index is 4.10. The van der Waals surface area contributed by atoms with Gasteiger partial charge in [0, 0.05) is 23.7 Å². The second-order valence-corrected chi connectivity index (χ2v) is 3.92. The van der Waals surface area contributed by atoms with Crippen LogP contribution in [-0.2, 0) is 6.42 Å². The number of fused-ring (bicyclic) bond motifs is 1. The highest BCUT2D eigenvalue weighted by Gasteiger charge is 2.00. The third-order valence-corrected chi connectivity index (χ3v) is 2.72. The van der Waals surface area contributed by atoms with Gasteiger partial charge in [0.05, 0.1) is 11.7 Å². The average Bonchev–Trinajstić information content (AvgIpc) is 2.72. The Balaban J connectivity index is 0.00000108. The smallest absolute Gasteiger partial charge is 0.0642 e. The molecule has 3 rings (SSSR count). The summed E-state index contributed by atoms with van der Waals surface area (Å²) < 4.78 is 0. The van der Waals surface area contributed by atoms with Gasteiger partial charge in [0.25, 0.3) is 0 Å². The van der Waals surface area contributed by atoms with Gasteiger partial charge in [-0.05, 0) is 17.7 Å². The lowest BCUT2D eigenvalue weighted by molar-refractivity contribution is 1.12. The van der Waals surface area contributed by atoms with Crippen molar-refractivity contribution in [3.05, 3.63) is 66.1 Å². The predicted octanol–water partition coefficient (Wildman–Crippen LogP) is 3.32. The van der Waals surface area contributed by atoms with Gasteiger partial charge in [-0.1, -0.05) is 30.3 Å². The molecular formula is C14H15N3. The highest BCUT2D eigenvalue weighted by molar-refractivity contribution is 5.79. The van der Waals surface area contributed by atoms with E-state index in [2.05, 4.69) is 40.3 Å². The normalized spacial score (nSPS) is 10.1. The Morgan fingerprint density at radius 1 is 1.06 bits per heavy atom. The zero-order valence-electron chi connectivity index (χ0n) is 9.56. The van der Waals surface area contributed by atoms with Crippen molar-refractivity contribution in [2.45, 2.75) is 6.42 Å². The van der Waals surface area contributed by atoms with E-state index in [9.17, 15) is 0 Å². The molecule has 0 spiro atoms. The van der Waals surface area contributed by atoms with Crippen molar-refractivity contribution in [3.63, 3.8) is 0 Å². The van der Waals surface area contributed by atoms with Crippen LogP contribution in [0, 0.1) is 0 Å². The minimum atomic E-state index is 0. The second kappa shape index (κ2) is 4.80. The van der Waals surface area contributed by atoms with Crippen LogP contribution in [0.3, 0.4) is 0 Å². The summed E-state index contributed by atoms with van der Waals surface area (Å²) in [6.45, 7) is 0. The fourth-order valence-electron chi connectivity index (χ4n) is 1.94. The highest BCUT2D eigenvalue weighted by Crippen LogP contribution is 2.16. The maximum Gasteiger partial charge on any atom is 0.0642 e. The molecule has 0 bridgehead atoms. The van der Waals surface area contributed by atoms with Crippen LogP contribution < -0.4 is 6.15 Å². The van der Waals surface area contributed by atoms with Crippen molar-refractivity contribution in [3.8, 4) is 0 Å². The van der Waals surface area contributed by atoms with E-state index in [1.165, 1.54) is 16.6 Å². The van der Waals surface area contributed by atoms with E-state index >= 15 is 0 Å². The Morgan fingerprint density at radius 3 is 2.65 bits per heavy atom. The summed E-state index contributed by atoms with van der Waals surface area (Å²) in [7, 11) is 0. The molecule has 0 amide bonds. The van der Waals surface area contributed by atoms with Crippen LogP contribution in [-0.4, -0.2) is 9.97 Å². The van der Waals surface area contributed by atoms with Crippen LogP contribution in [0.5, 0.6) is 0 Å². The van der Waals surface area contributed by atoms with Crippen molar-refractivity contribution in [2.75, 3.05) is 0 Å². The molecule has 0 atom stereocenters. The van der Waals surface area contributed by atoms with Gasteiger partial charge in [0.15, 0.2) is 0 Å². The number of benzene rings is 1. The van der Waals surface area contributed by atoms with Crippen molar-refractivity contribution in [1.29, 1.82) is 0 Å². The first kappa shape index (κ1) is 11.4. The van der Waals surface area contributed by atoms with Crippen molar-refractivity contribution in [1.82, 2.24) is 16.1 Å². The molecule has 0 fully saturated rings. The first-order valence-electron chi connectivity index (χ1n) is 5.37. The molecule has 2 aromatic heterocycles. The van der Waals surface area contributed by atoms with E-state index < -0.39 is 0 Å². The SMILES string of the molecule is N.c1ccc(Cc2cc3ccncc3[nH]2)cc1. The number of hydrogen-bond donors (Lipinski definition) is 2. The van der Waals surface area contributed by atoms with E-state index in [0.717, 1.165) is 11.9 Å². The fourth-order valence-corrected chi connectivity index (χ4v) is 1.94. The minimum Gasteiger partial charge on any atom is -0.357 e. The molecule has 0 radical (unpaired) electrons. The monoisotopic (exact) mass is 225 g/mol. The first-order chi connectivity index (χ1) is 7.92. The summed E-state index contributed by atoms with van der Waals surface area (Å²) in [5.41, 5.74) is 3.66. The molecule has 0 saturated heterocycles. The molecule has 1 aromatic carbocycles. The molecule has 3 nitrogen and oxygen atoms in total. The third-order valence-electron chi connectivity index (χ3n) is 2.72. The molecule has 0 unspecified atom stereocenters. The van der Waals surface area contributed by atoms with Crippen LogP contribution in [0.4, 0.5) is 0 Å². The van der Waals surface area contributed by atoms with E-state index in [0.29, 0.717) is 0 Å². The Morgan fingerprint density at radius 2 is 1.88 bits per heavy atom. The summed E-state index contributed by atoms with van der Waals surface area (Å²) in [5, 5.41) is 1.22. The fraction of sp³-hybridized carbons (Fsp3) is 0.0714. The van der Waals surface area contributed by atoms with Crippen molar-refractivity contribution < 1.29 is 0 Å². The number of pyridine rings is 1. The van der Waals surface area contributed by atoms with Gasteiger partial charge in [-0.15, -0.1) is 0 Å². The highest BCUT2D eigenvalue weighted by atomic mass is 14.7. The Hall–Kier alpha value is -2.13. The van der Waals surface area contributed by atoms with Crippen LogP contribution in [0.25, 0.3) is 10.9 Å².